The summed E-state index contributed by atoms with van der Waals surface area (Å²) in [6.45, 7) is 2.35. The van der Waals surface area contributed by atoms with Gasteiger partial charge in [-0.05, 0) is 38.1 Å². The smallest absolute Gasteiger partial charge is 0.341 e. The molecule has 2 aromatic rings. The number of carboxylic acid groups (broad SMARTS) is 1. The highest BCUT2D eigenvalue weighted by Gasteiger charge is 2.25. The van der Waals surface area contributed by atoms with Gasteiger partial charge in [-0.1, -0.05) is 0 Å². The molecule has 1 aliphatic rings. The third-order valence-corrected chi connectivity index (χ3v) is 4.66. The van der Waals surface area contributed by atoms with E-state index in [0.717, 1.165) is 32.1 Å². The number of fused-ring (bicyclic) bond motifs is 1. The summed E-state index contributed by atoms with van der Waals surface area (Å²) in [6, 6.07) is 2.74. The summed E-state index contributed by atoms with van der Waals surface area (Å²) in [6.07, 6.45) is 2.19. The van der Waals surface area contributed by atoms with Crippen molar-refractivity contribution in [1.29, 1.82) is 0 Å². The Labute approximate surface area is 144 Å². The molecule has 1 aliphatic heterocycles. The molecule has 25 heavy (non-hydrogen) atoms. The molecule has 1 fully saturated rings. The Hall–Kier alpha value is -2.61. The number of benzene rings is 1. The van der Waals surface area contributed by atoms with Gasteiger partial charge in [0.25, 0.3) is 0 Å². The number of hydrogen-bond donors (Lipinski definition) is 3. The molecule has 3 rings (SSSR count). The van der Waals surface area contributed by atoms with Crippen LogP contribution >= 0.6 is 0 Å². The van der Waals surface area contributed by atoms with Crippen LogP contribution in [0.2, 0.25) is 0 Å². The zero-order valence-corrected chi connectivity index (χ0v) is 14.2. The molecular formula is C17H21FN4O3. The van der Waals surface area contributed by atoms with E-state index < -0.39 is 22.8 Å². The van der Waals surface area contributed by atoms with Crippen molar-refractivity contribution in [3.63, 3.8) is 0 Å². The maximum absolute atomic E-state index is 14.7. The molecule has 1 unspecified atom stereocenters. The van der Waals surface area contributed by atoms with Gasteiger partial charge in [0.15, 0.2) is 0 Å². The maximum atomic E-state index is 14.7. The number of halogens is 1. The lowest BCUT2D eigenvalue weighted by molar-refractivity contribution is 0.0695. The maximum Gasteiger partial charge on any atom is 0.341 e. The van der Waals surface area contributed by atoms with Gasteiger partial charge in [0, 0.05) is 26.3 Å². The van der Waals surface area contributed by atoms with E-state index in [9.17, 15) is 19.1 Å². The van der Waals surface area contributed by atoms with Crippen LogP contribution in [0.15, 0.2) is 23.1 Å². The van der Waals surface area contributed by atoms with Crippen LogP contribution in [0, 0.1) is 11.7 Å². The highest BCUT2D eigenvalue weighted by atomic mass is 19.1. The van der Waals surface area contributed by atoms with E-state index in [1.165, 1.54) is 10.9 Å². The fourth-order valence-corrected chi connectivity index (χ4v) is 3.42. The first-order valence-corrected chi connectivity index (χ1v) is 8.15. The lowest BCUT2D eigenvalue weighted by atomic mass is 10.1. The summed E-state index contributed by atoms with van der Waals surface area (Å²) in [4.78, 5) is 25.6. The summed E-state index contributed by atoms with van der Waals surface area (Å²) in [5.74, 6) is -1.41. The monoisotopic (exact) mass is 348 g/mol. The first-order valence-electron chi connectivity index (χ1n) is 8.15. The van der Waals surface area contributed by atoms with E-state index in [2.05, 4.69) is 10.7 Å². The summed E-state index contributed by atoms with van der Waals surface area (Å²) in [5, 5.41) is 12.4. The van der Waals surface area contributed by atoms with Crippen molar-refractivity contribution in [2.45, 2.75) is 6.42 Å². The fourth-order valence-electron chi connectivity index (χ4n) is 3.42. The second-order valence-electron chi connectivity index (χ2n) is 6.25. The largest absolute Gasteiger partial charge is 0.477 e. The molecule has 2 heterocycles. The third kappa shape index (κ3) is 3.05. The standard InChI is InChI=1S/C17H21FN4O3/c1-19-7-10-3-4-21(8-10)15-6-14-11(5-13(15)18)16(23)12(17(24)25)9-22(14)20-2/h5-6,9-10,19-20H,3-4,7-8H2,1-2H3,(H,24,25). The van der Waals surface area contributed by atoms with Gasteiger partial charge in [-0.3, -0.25) is 9.47 Å². The average molecular weight is 348 g/mol. The van der Waals surface area contributed by atoms with Crippen molar-refractivity contribution in [2.75, 3.05) is 44.1 Å². The van der Waals surface area contributed by atoms with Crippen LogP contribution in [0.1, 0.15) is 16.8 Å². The molecule has 0 aliphatic carbocycles. The Balaban J connectivity index is 2.12. The molecule has 0 spiro atoms. The number of pyridine rings is 1. The molecule has 3 N–H and O–H groups in total. The Morgan fingerprint density at radius 1 is 1.40 bits per heavy atom. The molecule has 8 heteroatoms. The Morgan fingerprint density at radius 2 is 2.16 bits per heavy atom. The van der Waals surface area contributed by atoms with E-state index in [1.54, 1.807) is 13.1 Å². The second kappa shape index (κ2) is 6.72. The van der Waals surface area contributed by atoms with Gasteiger partial charge >= 0.3 is 5.97 Å². The van der Waals surface area contributed by atoms with Crippen LogP contribution in [0.25, 0.3) is 10.9 Å². The van der Waals surface area contributed by atoms with Crippen LogP contribution in [0.3, 0.4) is 0 Å². The third-order valence-electron chi connectivity index (χ3n) is 4.66. The van der Waals surface area contributed by atoms with Crippen LogP contribution < -0.4 is 21.1 Å². The van der Waals surface area contributed by atoms with Crippen molar-refractivity contribution in [1.82, 2.24) is 9.99 Å². The fraction of sp³-hybridized carbons (Fsp3) is 0.412. The minimum absolute atomic E-state index is 0.0430. The molecular weight excluding hydrogens is 327 g/mol. The SMILES string of the molecule is CNCC1CCN(c2cc3c(cc2F)c(=O)c(C(=O)O)cn3NC)C1. The second-order valence-corrected chi connectivity index (χ2v) is 6.25. The molecule has 1 aromatic heterocycles. The van der Waals surface area contributed by atoms with Crippen molar-refractivity contribution in [3.05, 3.63) is 39.9 Å². The number of nitrogens with zero attached hydrogens (tertiary/aromatic N) is 2. The average Bonchev–Trinajstić information content (AvgIpc) is 3.03. The highest BCUT2D eigenvalue weighted by Crippen LogP contribution is 2.29. The Bertz CT molecular complexity index is 880. The molecule has 0 radical (unpaired) electrons. The van der Waals surface area contributed by atoms with Crippen LogP contribution in [0.4, 0.5) is 10.1 Å². The van der Waals surface area contributed by atoms with E-state index in [4.69, 9.17) is 0 Å². The van der Waals surface area contributed by atoms with E-state index >= 15 is 0 Å². The van der Waals surface area contributed by atoms with Gasteiger partial charge in [-0.25, -0.2) is 9.18 Å². The molecule has 0 saturated carbocycles. The van der Waals surface area contributed by atoms with Crippen molar-refractivity contribution < 1.29 is 14.3 Å². The minimum Gasteiger partial charge on any atom is -0.477 e. The molecule has 1 atom stereocenters. The first kappa shape index (κ1) is 17.2. The molecule has 134 valence electrons. The summed E-state index contributed by atoms with van der Waals surface area (Å²) < 4.78 is 16.1. The number of nitrogens with one attached hydrogen (secondary N) is 2. The number of anilines is 1. The normalized spacial score (nSPS) is 17.2. The zero-order chi connectivity index (χ0) is 18.1. The van der Waals surface area contributed by atoms with Crippen LogP contribution in [-0.2, 0) is 0 Å². The number of carboxylic acids is 1. The van der Waals surface area contributed by atoms with Gasteiger partial charge in [-0.15, -0.1) is 0 Å². The lowest BCUT2D eigenvalue weighted by Crippen LogP contribution is -2.26. The predicted octanol–water partition coefficient (Wildman–Crippen LogP) is 1.06. The van der Waals surface area contributed by atoms with Gasteiger partial charge < -0.3 is 20.7 Å². The van der Waals surface area contributed by atoms with E-state index in [-0.39, 0.29) is 5.39 Å². The minimum atomic E-state index is -1.34. The highest BCUT2D eigenvalue weighted by molar-refractivity contribution is 5.93. The number of carbonyl (C=O) groups is 1. The van der Waals surface area contributed by atoms with Gasteiger partial charge in [-0.2, -0.15) is 0 Å². The van der Waals surface area contributed by atoms with Crippen molar-refractivity contribution in [2.24, 2.45) is 5.92 Å². The summed E-state index contributed by atoms with van der Waals surface area (Å²) >= 11 is 0. The van der Waals surface area contributed by atoms with Gasteiger partial charge in [0.2, 0.25) is 5.43 Å². The van der Waals surface area contributed by atoms with Crippen molar-refractivity contribution >= 4 is 22.6 Å². The quantitative estimate of drug-likeness (QED) is 0.749. The number of aromatic carboxylic acids is 1. The number of hydrogen-bond acceptors (Lipinski definition) is 5. The molecule has 0 amide bonds. The summed E-state index contributed by atoms with van der Waals surface area (Å²) in [7, 11) is 3.50. The molecule has 0 bridgehead atoms. The first-order chi connectivity index (χ1) is 12.0. The lowest BCUT2D eigenvalue weighted by Gasteiger charge is -2.21. The van der Waals surface area contributed by atoms with Crippen molar-refractivity contribution in [3.8, 4) is 0 Å². The Morgan fingerprint density at radius 3 is 2.80 bits per heavy atom. The number of aromatic nitrogens is 1. The van der Waals surface area contributed by atoms with Crippen LogP contribution in [0.5, 0.6) is 0 Å². The zero-order valence-electron chi connectivity index (χ0n) is 14.2. The van der Waals surface area contributed by atoms with E-state index in [1.807, 2.05) is 11.9 Å². The van der Waals surface area contributed by atoms with E-state index in [0.29, 0.717) is 17.1 Å². The molecule has 7 nitrogen and oxygen atoms in total. The van der Waals surface area contributed by atoms with Crippen LogP contribution in [-0.4, -0.2) is 49.5 Å². The number of rotatable bonds is 5. The molecule has 1 saturated heterocycles. The Kier molecular flexibility index (Phi) is 4.63. The summed E-state index contributed by atoms with van der Waals surface area (Å²) in [5.41, 5.74) is 2.62. The predicted molar refractivity (Wildman–Crippen MR) is 94.7 cm³/mol. The topological polar surface area (TPSA) is 86.6 Å². The molecule has 1 aromatic carbocycles. The van der Waals surface area contributed by atoms with Gasteiger partial charge in [0.1, 0.15) is 11.4 Å². The van der Waals surface area contributed by atoms with Gasteiger partial charge in [0.05, 0.1) is 16.6 Å².